The molecule has 2 nitrogen and oxygen atoms in total. The molecule has 0 amide bonds. The number of rotatable bonds is 5. The van der Waals surface area contributed by atoms with Crippen LogP contribution >= 0.6 is 0 Å². The van der Waals surface area contributed by atoms with Gasteiger partial charge in [0.2, 0.25) is 0 Å². The maximum atomic E-state index is 11.5. The highest BCUT2D eigenvalue weighted by Crippen LogP contribution is 2.23. The number of hydrogen-bond donors (Lipinski definition) is 1. The predicted molar refractivity (Wildman–Crippen MR) is 59.3 cm³/mol. The lowest BCUT2D eigenvalue weighted by Gasteiger charge is -2.27. The van der Waals surface area contributed by atoms with Gasteiger partial charge in [0.05, 0.1) is 0 Å². The Labute approximate surface area is 87.5 Å². The van der Waals surface area contributed by atoms with E-state index in [0.29, 0.717) is 11.7 Å². The van der Waals surface area contributed by atoms with E-state index in [2.05, 4.69) is 19.2 Å². The molecule has 82 valence electrons. The molecule has 0 radical (unpaired) electrons. The summed E-state index contributed by atoms with van der Waals surface area (Å²) < 4.78 is 0. The minimum Gasteiger partial charge on any atom is -0.316 e. The lowest BCUT2D eigenvalue weighted by atomic mass is 9.84. The molecule has 1 N–H and O–H groups in total. The number of carbonyl (C=O) groups excluding carboxylic acids is 1. The second kappa shape index (κ2) is 6.18. The molecule has 0 saturated carbocycles. The predicted octanol–water partition coefficient (Wildman–Crippen LogP) is 2.38. The van der Waals surface area contributed by atoms with Crippen LogP contribution in [0.25, 0.3) is 0 Å². The first kappa shape index (κ1) is 11.7. The van der Waals surface area contributed by atoms with Crippen molar-refractivity contribution in [2.75, 3.05) is 13.1 Å². The highest BCUT2D eigenvalue weighted by molar-refractivity contribution is 5.78. The molecular formula is C12H23NO. The molecule has 1 heterocycles. The summed E-state index contributed by atoms with van der Waals surface area (Å²) in [5.74, 6) is 1.75. The van der Waals surface area contributed by atoms with E-state index in [1.54, 1.807) is 0 Å². The third-order valence-corrected chi connectivity index (χ3v) is 3.22. The minimum atomic E-state index is 0.450. The van der Waals surface area contributed by atoms with Gasteiger partial charge < -0.3 is 5.32 Å². The van der Waals surface area contributed by atoms with E-state index < -0.39 is 0 Å². The van der Waals surface area contributed by atoms with E-state index in [4.69, 9.17) is 0 Å². The van der Waals surface area contributed by atoms with Crippen LogP contribution in [0.1, 0.15) is 46.0 Å². The Morgan fingerprint density at radius 3 is 2.93 bits per heavy atom. The summed E-state index contributed by atoms with van der Waals surface area (Å²) in [6, 6.07) is 0. The molecular weight excluding hydrogens is 174 g/mol. The fourth-order valence-electron chi connectivity index (χ4n) is 2.27. The quantitative estimate of drug-likeness (QED) is 0.733. The van der Waals surface area contributed by atoms with E-state index in [1.807, 2.05) is 0 Å². The van der Waals surface area contributed by atoms with Crippen LogP contribution in [0, 0.1) is 11.8 Å². The molecule has 1 aliphatic rings. The van der Waals surface area contributed by atoms with Crippen molar-refractivity contribution in [2.24, 2.45) is 11.8 Å². The van der Waals surface area contributed by atoms with Crippen molar-refractivity contribution in [1.29, 1.82) is 0 Å². The molecule has 0 aromatic carbocycles. The summed E-state index contributed by atoms with van der Waals surface area (Å²) in [5, 5.41) is 3.41. The molecule has 0 aromatic rings. The summed E-state index contributed by atoms with van der Waals surface area (Å²) in [6.45, 7) is 6.57. The Kier molecular flexibility index (Phi) is 5.16. The third-order valence-electron chi connectivity index (χ3n) is 3.22. The highest BCUT2D eigenvalue weighted by atomic mass is 16.1. The van der Waals surface area contributed by atoms with Crippen LogP contribution < -0.4 is 5.32 Å². The number of carbonyl (C=O) groups is 1. The first-order valence-corrected chi connectivity index (χ1v) is 5.96. The molecule has 1 aliphatic heterocycles. The summed E-state index contributed by atoms with van der Waals surface area (Å²) in [7, 11) is 0. The van der Waals surface area contributed by atoms with Gasteiger partial charge in [-0.1, -0.05) is 13.8 Å². The second-order valence-electron chi connectivity index (χ2n) is 4.58. The van der Waals surface area contributed by atoms with Crippen LogP contribution in [0.5, 0.6) is 0 Å². The monoisotopic (exact) mass is 197 g/mol. The van der Waals surface area contributed by atoms with E-state index in [0.717, 1.165) is 38.3 Å². The largest absolute Gasteiger partial charge is 0.316 e. The SMILES string of the molecule is CCCC(=O)CC(C)C1CCCNC1. The van der Waals surface area contributed by atoms with Gasteiger partial charge in [-0.15, -0.1) is 0 Å². The number of piperidine rings is 1. The Hall–Kier alpha value is -0.370. The maximum Gasteiger partial charge on any atom is 0.133 e. The van der Waals surface area contributed by atoms with Crippen molar-refractivity contribution in [1.82, 2.24) is 5.32 Å². The van der Waals surface area contributed by atoms with Crippen LogP contribution in [0.15, 0.2) is 0 Å². The molecule has 1 saturated heterocycles. The molecule has 0 bridgehead atoms. The topological polar surface area (TPSA) is 29.1 Å². The second-order valence-corrected chi connectivity index (χ2v) is 4.58. The van der Waals surface area contributed by atoms with Gasteiger partial charge in [0.25, 0.3) is 0 Å². The number of ketones is 1. The average molecular weight is 197 g/mol. The standard InChI is InChI=1S/C12H23NO/c1-3-5-12(14)8-10(2)11-6-4-7-13-9-11/h10-11,13H,3-9H2,1-2H3. The van der Waals surface area contributed by atoms with Crippen LogP contribution in [0.2, 0.25) is 0 Å². The van der Waals surface area contributed by atoms with Gasteiger partial charge in [-0.2, -0.15) is 0 Å². The van der Waals surface area contributed by atoms with Crippen LogP contribution in [0.3, 0.4) is 0 Å². The zero-order valence-corrected chi connectivity index (χ0v) is 9.51. The normalized spacial score (nSPS) is 24.6. The smallest absolute Gasteiger partial charge is 0.133 e. The molecule has 2 atom stereocenters. The lowest BCUT2D eigenvalue weighted by molar-refractivity contribution is -0.120. The third kappa shape index (κ3) is 3.79. The van der Waals surface area contributed by atoms with E-state index in [9.17, 15) is 4.79 Å². The lowest BCUT2D eigenvalue weighted by Crippen LogP contribution is -2.33. The first-order valence-electron chi connectivity index (χ1n) is 5.96. The Morgan fingerprint density at radius 2 is 2.36 bits per heavy atom. The van der Waals surface area contributed by atoms with E-state index in [1.165, 1.54) is 12.8 Å². The van der Waals surface area contributed by atoms with E-state index >= 15 is 0 Å². The van der Waals surface area contributed by atoms with Crippen molar-refractivity contribution in [2.45, 2.75) is 46.0 Å². The van der Waals surface area contributed by atoms with Crippen molar-refractivity contribution in [3.8, 4) is 0 Å². The zero-order chi connectivity index (χ0) is 10.4. The number of nitrogens with one attached hydrogen (secondary N) is 1. The summed E-state index contributed by atoms with van der Waals surface area (Å²) >= 11 is 0. The van der Waals surface area contributed by atoms with Crippen molar-refractivity contribution in [3.63, 3.8) is 0 Å². The average Bonchev–Trinajstić information content (AvgIpc) is 2.19. The van der Waals surface area contributed by atoms with Crippen molar-refractivity contribution < 1.29 is 4.79 Å². The van der Waals surface area contributed by atoms with E-state index in [-0.39, 0.29) is 0 Å². The minimum absolute atomic E-state index is 0.450. The maximum absolute atomic E-state index is 11.5. The molecule has 2 heteroatoms. The molecule has 14 heavy (non-hydrogen) atoms. The van der Waals surface area contributed by atoms with Crippen LogP contribution in [-0.4, -0.2) is 18.9 Å². The fraction of sp³-hybridized carbons (Fsp3) is 0.917. The molecule has 1 fully saturated rings. The van der Waals surface area contributed by atoms with Crippen LogP contribution in [-0.2, 0) is 4.79 Å². The summed E-state index contributed by atoms with van der Waals surface area (Å²) in [5.41, 5.74) is 0. The molecule has 1 rings (SSSR count). The van der Waals surface area contributed by atoms with Gasteiger partial charge in [0.1, 0.15) is 5.78 Å². The Morgan fingerprint density at radius 1 is 1.57 bits per heavy atom. The molecule has 0 aliphatic carbocycles. The number of Topliss-reactive ketones (excluding diaryl/α,β-unsaturated/α-hetero) is 1. The first-order chi connectivity index (χ1) is 6.74. The highest BCUT2D eigenvalue weighted by Gasteiger charge is 2.21. The van der Waals surface area contributed by atoms with Crippen molar-refractivity contribution in [3.05, 3.63) is 0 Å². The van der Waals surface area contributed by atoms with Gasteiger partial charge in [-0.05, 0) is 44.2 Å². The number of hydrogen-bond acceptors (Lipinski definition) is 2. The molecule has 0 spiro atoms. The Bertz CT molecular complexity index is 173. The van der Waals surface area contributed by atoms with Gasteiger partial charge in [-0.25, -0.2) is 0 Å². The fourth-order valence-corrected chi connectivity index (χ4v) is 2.27. The van der Waals surface area contributed by atoms with Gasteiger partial charge >= 0.3 is 0 Å². The summed E-state index contributed by atoms with van der Waals surface area (Å²) in [6.07, 6.45) is 5.13. The Balaban J connectivity index is 2.25. The van der Waals surface area contributed by atoms with Crippen molar-refractivity contribution >= 4 is 5.78 Å². The van der Waals surface area contributed by atoms with Gasteiger partial charge in [0.15, 0.2) is 0 Å². The van der Waals surface area contributed by atoms with Gasteiger partial charge in [0, 0.05) is 12.8 Å². The molecule has 0 aromatic heterocycles. The zero-order valence-electron chi connectivity index (χ0n) is 9.51. The van der Waals surface area contributed by atoms with Crippen LogP contribution in [0.4, 0.5) is 0 Å². The molecule has 2 unspecified atom stereocenters. The van der Waals surface area contributed by atoms with Gasteiger partial charge in [-0.3, -0.25) is 4.79 Å². The summed E-state index contributed by atoms with van der Waals surface area (Å²) in [4.78, 5) is 11.5.